The highest BCUT2D eigenvalue weighted by atomic mass is 13.9. The molecule has 0 saturated carbocycles. The van der Waals surface area contributed by atoms with Gasteiger partial charge in [-0.15, -0.1) is 0 Å². The molecule has 8 heavy (non-hydrogen) atoms. The van der Waals surface area contributed by atoms with Crippen LogP contribution >= 0.6 is 0 Å². The van der Waals surface area contributed by atoms with Crippen LogP contribution in [0.4, 0.5) is 0 Å². The molecular formula is C8H10. The van der Waals surface area contributed by atoms with Crippen LogP contribution in [0.3, 0.4) is 0 Å². The van der Waals surface area contributed by atoms with Gasteiger partial charge in [-0.3, -0.25) is 0 Å². The van der Waals surface area contributed by atoms with E-state index in [1.54, 1.807) is 0 Å². The van der Waals surface area contributed by atoms with Crippen molar-refractivity contribution in [1.82, 2.24) is 0 Å². The van der Waals surface area contributed by atoms with E-state index in [0.29, 0.717) is 0 Å². The van der Waals surface area contributed by atoms with Crippen LogP contribution in [-0.2, 0) is 0 Å². The molecule has 0 radical (unpaired) electrons. The second-order valence-corrected chi connectivity index (χ2v) is 1.97. The van der Waals surface area contributed by atoms with Crippen LogP contribution in [0.5, 0.6) is 0 Å². The lowest BCUT2D eigenvalue weighted by Gasteiger charge is -1.82. The van der Waals surface area contributed by atoms with Crippen molar-refractivity contribution in [2.75, 3.05) is 0 Å². The first-order chi connectivity index (χ1) is 3.89. The number of hydrogen-bond donors (Lipinski definition) is 0. The molecule has 0 N–H and O–H groups in total. The third kappa shape index (κ3) is 1.38. The van der Waals surface area contributed by atoms with Gasteiger partial charge in [-0.1, -0.05) is 36.0 Å². The molecule has 0 heterocycles. The van der Waals surface area contributed by atoms with E-state index in [9.17, 15) is 0 Å². The first-order valence-electron chi connectivity index (χ1n) is 2.89. The lowest BCUT2D eigenvalue weighted by molar-refractivity contribution is 1.35. The number of hydrogen-bond acceptors (Lipinski definition) is 0. The standard InChI is InChI=1S/C8H10/c1-8-6-4-2-3-5-7-8/h2-4,6-7H,5H2,1H3. The Hall–Kier alpha value is -0.780. The SMILES string of the molecule is CC1=CCC=CC=C1. The van der Waals surface area contributed by atoms with E-state index in [0.717, 1.165) is 6.42 Å². The topological polar surface area (TPSA) is 0 Å². The molecule has 0 fully saturated rings. The highest BCUT2D eigenvalue weighted by Crippen LogP contribution is 2.01. The number of rotatable bonds is 0. The first-order valence-corrected chi connectivity index (χ1v) is 2.89. The minimum Gasteiger partial charge on any atom is -0.0807 e. The Bertz CT molecular complexity index is 145. The van der Waals surface area contributed by atoms with Crippen LogP contribution in [0.1, 0.15) is 13.3 Å². The van der Waals surface area contributed by atoms with Crippen molar-refractivity contribution in [2.24, 2.45) is 0 Å². The summed E-state index contributed by atoms with van der Waals surface area (Å²) in [5.41, 5.74) is 1.36. The van der Waals surface area contributed by atoms with Gasteiger partial charge in [0.05, 0.1) is 0 Å². The Morgan fingerprint density at radius 2 is 2.25 bits per heavy atom. The average Bonchev–Trinajstić information content (AvgIpc) is 1.94. The zero-order chi connectivity index (χ0) is 5.82. The molecule has 0 unspecified atom stereocenters. The summed E-state index contributed by atoms with van der Waals surface area (Å²) in [5, 5.41) is 0. The van der Waals surface area contributed by atoms with Crippen LogP contribution < -0.4 is 0 Å². The second kappa shape index (κ2) is 2.51. The molecule has 0 aromatic carbocycles. The molecule has 0 aromatic rings. The second-order valence-electron chi connectivity index (χ2n) is 1.97. The van der Waals surface area contributed by atoms with E-state index < -0.39 is 0 Å². The van der Waals surface area contributed by atoms with Gasteiger partial charge in [0.15, 0.2) is 0 Å². The fourth-order valence-corrected chi connectivity index (χ4v) is 0.686. The fraction of sp³-hybridized carbons (Fsp3) is 0.250. The fourth-order valence-electron chi connectivity index (χ4n) is 0.686. The Morgan fingerprint density at radius 1 is 1.38 bits per heavy atom. The van der Waals surface area contributed by atoms with Crippen molar-refractivity contribution in [3.63, 3.8) is 0 Å². The van der Waals surface area contributed by atoms with Gasteiger partial charge in [0.1, 0.15) is 0 Å². The quantitative estimate of drug-likeness (QED) is 0.445. The molecule has 0 atom stereocenters. The zero-order valence-corrected chi connectivity index (χ0v) is 5.09. The van der Waals surface area contributed by atoms with E-state index in [1.165, 1.54) is 5.57 Å². The monoisotopic (exact) mass is 106 g/mol. The molecule has 0 bridgehead atoms. The zero-order valence-electron chi connectivity index (χ0n) is 5.09. The summed E-state index contributed by atoms with van der Waals surface area (Å²) in [4.78, 5) is 0. The molecule has 0 spiro atoms. The summed E-state index contributed by atoms with van der Waals surface area (Å²) in [7, 11) is 0. The van der Waals surface area contributed by atoms with Gasteiger partial charge < -0.3 is 0 Å². The summed E-state index contributed by atoms with van der Waals surface area (Å²) in [6, 6.07) is 0. The van der Waals surface area contributed by atoms with Gasteiger partial charge in [0.25, 0.3) is 0 Å². The minimum absolute atomic E-state index is 1.08. The molecule has 0 heteroatoms. The summed E-state index contributed by atoms with van der Waals surface area (Å²) >= 11 is 0. The Labute approximate surface area is 50.2 Å². The molecule has 1 aliphatic rings. The lowest BCUT2D eigenvalue weighted by Crippen LogP contribution is -1.62. The van der Waals surface area contributed by atoms with E-state index in [1.807, 2.05) is 0 Å². The maximum Gasteiger partial charge on any atom is -0.0160 e. The largest absolute Gasteiger partial charge is 0.0807 e. The maximum absolute atomic E-state index is 2.21. The van der Waals surface area contributed by atoms with Crippen LogP contribution in [0.2, 0.25) is 0 Å². The molecule has 42 valence electrons. The summed E-state index contributed by atoms with van der Waals surface area (Å²) in [5.74, 6) is 0. The van der Waals surface area contributed by atoms with Crippen molar-refractivity contribution < 1.29 is 0 Å². The summed E-state index contributed by atoms with van der Waals surface area (Å²) < 4.78 is 0. The van der Waals surface area contributed by atoms with Crippen LogP contribution in [0.15, 0.2) is 36.0 Å². The Kier molecular flexibility index (Phi) is 1.68. The molecule has 1 aliphatic carbocycles. The third-order valence-electron chi connectivity index (χ3n) is 1.18. The molecular weight excluding hydrogens is 96.1 g/mol. The van der Waals surface area contributed by atoms with Crippen LogP contribution in [0.25, 0.3) is 0 Å². The predicted octanol–water partition coefficient (Wildman–Crippen LogP) is 2.45. The third-order valence-corrected chi connectivity index (χ3v) is 1.18. The van der Waals surface area contributed by atoms with Gasteiger partial charge in [-0.2, -0.15) is 0 Å². The highest BCUT2D eigenvalue weighted by molar-refractivity contribution is 5.24. The smallest absolute Gasteiger partial charge is 0.0160 e. The summed E-state index contributed by atoms with van der Waals surface area (Å²) in [6.07, 6.45) is 11.7. The van der Waals surface area contributed by atoms with Gasteiger partial charge >= 0.3 is 0 Å². The van der Waals surface area contributed by atoms with Crippen molar-refractivity contribution in [3.05, 3.63) is 36.0 Å². The molecule has 1 rings (SSSR count). The maximum atomic E-state index is 2.21. The average molecular weight is 106 g/mol. The first kappa shape index (κ1) is 5.36. The van der Waals surface area contributed by atoms with Gasteiger partial charge in [-0.05, 0) is 13.3 Å². The van der Waals surface area contributed by atoms with E-state index in [2.05, 4.69) is 37.3 Å². The Balaban J connectivity index is 2.69. The summed E-state index contributed by atoms with van der Waals surface area (Å²) in [6.45, 7) is 2.11. The molecule has 0 aromatic heterocycles. The van der Waals surface area contributed by atoms with Gasteiger partial charge in [0, 0.05) is 0 Å². The van der Waals surface area contributed by atoms with E-state index in [-0.39, 0.29) is 0 Å². The van der Waals surface area contributed by atoms with Crippen molar-refractivity contribution in [3.8, 4) is 0 Å². The Morgan fingerprint density at radius 3 is 3.12 bits per heavy atom. The van der Waals surface area contributed by atoms with Crippen molar-refractivity contribution in [1.29, 1.82) is 0 Å². The number of allylic oxidation sites excluding steroid dienone is 6. The van der Waals surface area contributed by atoms with Crippen molar-refractivity contribution in [2.45, 2.75) is 13.3 Å². The van der Waals surface area contributed by atoms with E-state index >= 15 is 0 Å². The van der Waals surface area contributed by atoms with E-state index in [4.69, 9.17) is 0 Å². The molecule has 0 aliphatic heterocycles. The van der Waals surface area contributed by atoms with Gasteiger partial charge in [-0.25, -0.2) is 0 Å². The molecule has 0 saturated heterocycles. The lowest BCUT2D eigenvalue weighted by atomic mass is 10.2. The molecule has 0 amide bonds. The van der Waals surface area contributed by atoms with Crippen molar-refractivity contribution >= 4 is 0 Å². The van der Waals surface area contributed by atoms with Crippen LogP contribution in [-0.4, -0.2) is 0 Å². The normalized spacial score (nSPS) is 17.9. The van der Waals surface area contributed by atoms with Gasteiger partial charge in [0.2, 0.25) is 0 Å². The van der Waals surface area contributed by atoms with Crippen LogP contribution in [0, 0.1) is 0 Å². The molecule has 0 nitrogen and oxygen atoms in total. The minimum atomic E-state index is 1.08. The predicted molar refractivity (Wildman–Crippen MR) is 36.7 cm³/mol. The highest BCUT2D eigenvalue weighted by Gasteiger charge is 1.81.